The molecule has 0 aromatic carbocycles. The second-order valence-corrected chi connectivity index (χ2v) is 14.1. The Morgan fingerprint density at radius 3 is 2.52 bits per heavy atom. The Labute approximate surface area is 156 Å². The summed E-state index contributed by atoms with van der Waals surface area (Å²) in [4.78, 5) is 2.61. The van der Waals surface area contributed by atoms with Crippen LogP contribution in [0.25, 0.3) is 0 Å². The summed E-state index contributed by atoms with van der Waals surface area (Å²) in [7, 11) is -0.0566. The number of hydrogen-bond acceptors (Lipinski definition) is 3. The third-order valence-corrected chi connectivity index (χ3v) is 10.6. The molecule has 2 aliphatic heterocycles. The normalized spacial score (nSPS) is 31.2. The minimum absolute atomic E-state index is 0.0156. The van der Waals surface area contributed by atoms with Crippen molar-refractivity contribution >= 4 is 8.32 Å². The van der Waals surface area contributed by atoms with Crippen molar-refractivity contribution in [3.8, 4) is 0 Å². The third kappa shape index (κ3) is 5.28. The van der Waals surface area contributed by atoms with E-state index >= 15 is 0 Å². The maximum Gasteiger partial charge on any atom is 0.192 e. The van der Waals surface area contributed by atoms with Gasteiger partial charge in [-0.05, 0) is 50.9 Å². The molecule has 0 spiro atoms. The van der Waals surface area contributed by atoms with Gasteiger partial charge in [0.15, 0.2) is 8.32 Å². The van der Waals surface area contributed by atoms with E-state index in [1.54, 1.807) is 0 Å². The van der Waals surface area contributed by atoms with Gasteiger partial charge in [0.05, 0.1) is 12.1 Å². The Morgan fingerprint density at radius 1 is 1.16 bits per heavy atom. The van der Waals surface area contributed by atoms with Crippen LogP contribution < -0.4 is 0 Å². The fraction of sp³-hybridized carbons (Fsp3) is 0.810. The molecular weight excluding hydrogens is 326 g/mol. The zero-order valence-corrected chi connectivity index (χ0v) is 18.5. The van der Waals surface area contributed by atoms with Gasteiger partial charge in [0.1, 0.15) is 6.10 Å². The molecule has 3 atom stereocenters. The van der Waals surface area contributed by atoms with E-state index in [1.165, 1.54) is 24.8 Å². The average molecular weight is 366 g/mol. The van der Waals surface area contributed by atoms with Crippen LogP contribution in [0.5, 0.6) is 0 Å². The number of methoxy groups -OCH3 is 1. The number of ether oxygens (including phenoxy) is 1. The predicted molar refractivity (Wildman–Crippen MR) is 110 cm³/mol. The highest BCUT2D eigenvalue weighted by molar-refractivity contribution is 6.74. The van der Waals surface area contributed by atoms with Crippen LogP contribution >= 0.6 is 0 Å². The molecule has 0 saturated carbocycles. The molecule has 0 aliphatic carbocycles. The maximum absolute atomic E-state index is 6.96. The first-order valence-electron chi connectivity index (χ1n) is 9.94. The molecule has 3 nitrogen and oxygen atoms in total. The van der Waals surface area contributed by atoms with Gasteiger partial charge < -0.3 is 9.16 Å². The molecule has 2 heterocycles. The second kappa shape index (κ2) is 8.51. The third-order valence-electron chi connectivity index (χ3n) is 6.14. The van der Waals surface area contributed by atoms with E-state index in [9.17, 15) is 0 Å². The highest BCUT2D eigenvalue weighted by atomic mass is 28.4. The lowest BCUT2D eigenvalue weighted by molar-refractivity contribution is -0.0105. The molecule has 0 saturated heterocycles. The van der Waals surface area contributed by atoms with E-state index in [4.69, 9.17) is 9.16 Å². The van der Waals surface area contributed by atoms with Gasteiger partial charge in [0.25, 0.3) is 0 Å². The molecule has 2 aliphatic rings. The van der Waals surface area contributed by atoms with Gasteiger partial charge in [-0.15, -0.1) is 0 Å². The highest BCUT2D eigenvalue weighted by Gasteiger charge is 2.44. The van der Waals surface area contributed by atoms with Gasteiger partial charge in [-0.3, -0.25) is 4.90 Å². The first-order chi connectivity index (χ1) is 11.7. The smallest absolute Gasteiger partial charge is 0.192 e. The molecule has 2 rings (SSSR count). The van der Waals surface area contributed by atoms with E-state index < -0.39 is 8.32 Å². The van der Waals surface area contributed by atoms with Crippen LogP contribution in [-0.2, 0) is 9.16 Å². The molecule has 0 aromatic rings. The Kier molecular flexibility index (Phi) is 7.11. The van der Waals surface area contributed by atoms with E-state index in [0.717, 1.165) is 19.5 Å². The van der Waals surface area contributed by atoms with Crippen molar-refractivity contribution in [1.29, 1.82) is 0 Å². The number of nitrogens with zero attached hydrogens (tertiary/aromatic N) is 1. The van der Waals surface area contributed by atoms with Crippen molar-refractivity contribution in [3.05, 3.63) is 23.8 Å². The monoisotopic (exact) mass is 365 g/mol. The number of fused-ring (bicyclic) bond motifs is 1. The Hall–Kier alpha value is -0.423. The van der Waals surface area contributed by atoms with Crippen LogP contribution in [0.15, 0.2) is 23.8 Å². The van der Waals surface area contributed by atoms with Crippen molar-refractivity contribution in [2.45, 2.75) is 89.8 Å². The van der Waals surface area contributed by atoms with Crippen LogP contribution in [0.1, 0.15) is 53.4 Å². The fourth-order valence-electron chi connectivity index (χ4n) is 3.56. The zero-order valence-electron chi connectivity index (χ0n) is 17.5. The van der Waals surface area contributed by atoms with Gasteiger partial charge in [0.2, 0.25) is 0 Å². The van der Waals surface area contributed by atoms with Crippen LogP contribution in [0.3, 0.4) is 0 Å². The summed E-state index contributed by atoms with van der Waals surface area (Å²) >= 11 is 0. The molecule has 0 unspecified atom stereocenters. The number of rotatable bonds is 3. The lowest BCUT2D eigenvalue weighted by Crippen LogP contribution is -2.54. The van der Waals surface area contributed by atoms with E-state index in [0.29, 0.717) is 6.04 Å². The zero-order chi connectivity index (χ0) is 18.7. The minimum atomic E-state index is -1.88. The molecule has 4 heteroatoms. The van der Waals surface area contributed by atoms with Gasteiger partial charge in [-0.25, -0.2) is 0 Å². The summed E-state index contributed by atoms with van der Waals surface area (Å²) < 4.78 is 12.9. The van der Waals surface area contributed by atoms with Crippen LogP contribution in [-0.4, -0.2) is 51.7 Å². The summed E-state index contributed by atoms with van der Waals surface area (Å²) in [6, 6.07) is 0.321. The summed E-state index contributed by atoms with van der Waals surface area (Å²) in [6.45, 7) is 16.1. The summed E-state index contributed by atoms with van der Waals surface area (Å²) in [5.41, 5.74) is 1.46. The summed E-state index contributed by atoms with van der Waals surface area (Å²) in [5, 5.41) is 0.198. The van der Waals surface area contributed by atoms with E-state index in [1.807, 2.05) is 7.11 Å². The first kappa shape index (κ1) is 20.9. The molecule has 25 heavy (non-hydrogen) atoms. The predicted octanol–water partition coefficient (Wildman–Crippen LogP) is 5.15. The van der Waals surface area contributed by atoms with Crippen molar-refractivity contribution < 1.29 is 9.16 Å². The number of allylic oxidation sites excluding steroid dienone is 1. The summed E-state index contributed by atoms with van der Waals surface area (Å²) in [6.07, 6.45) is 12.1. The fourth-order valence-corrected chi connectivity index (χ4v) is 4.87. The quantitative estimate of drug-likeness (QED) is 0.510. The summed E-state index contributed by atoms with van der Waals surface area (Å²) in [5.74, 6) is 0. The van der Waals surface area contributed by atoms with Crippen molar-refractivity contribution in [1.82, 2.24) is 4.90 Å². The minimum Gasteiger partial charge on any atom is -0.409 e. The maximum atomic E-state index is 6.96. The van der Waals surface area contributed by atoms with Crippen molar-refractivity contribution in [2.75, 3.05) is 20.2 Å². The Morgan fingerprint density at radius 2 is 1.88 bits per heavy atom. The van der Waals surface area contributed by atoms with Gasteiger partial charge >= 0.3 is 0 Å². The largest absolute Gasteiger partial charge is 0.409 e. The molecule has 0 amide bonds. The SMILES string of the molecule is CO[C@H]1/C=C/CCCCCN2CC(C)=C[C@@H]2[C@@H]1O[Si](C)(C)C(C)(C)C. The van der Waals surface area contributed by atoms with Crippen LogP contribution in [0.4, 0.5) is 0 Å². The standard InChI is InChI=1S/C21H39NO2Si/c1-17-15-18-20(24-25(6,7)21(2,3)4)19(23-5)13-11-9-8-10-12-14-22(18)16-17/h11,13,15,18-20H,8-10,12,14,16H2,1-7H3/b13-11+/t18-,19+,20+/m1/s1. The van der Waals surface area contributed by atoms with Gasteiger partial charge in [0, 0.05) is 13.7 Å². The van der Waals surface area contributed by atoms with Crippen LogP contribution in [0.2, 0.25) is 18.1 Å². The Bertz CT molecular complexity index is 493. The lowest BCUT2D eigenvalue weighted by atomic mass is 10.0. The molecular formula is C21H39NO2Si. The first-order valence-corrected chi connectivity index (χ1v) is 12.8. The Balaban J connectivity index is 2.35. The molecule has 0 N–H and O–H groups in total. The van der Waals surface area contributed by atoms with E-state index in [2.05, 4.69) is 63.9 Å². The molecule has 0 fully saturated rings. The van der Waals surface area contributed by atoms with Crippen molar-refractivity contribution in [2.24, 2.45) is 0 Å². The molecule has 0 radical (unpaired) electrons. The molecule has 0 aromatic heterocycles. The van der Waals surface area contributed by atoms with Gasteiger partial charge in [-0.1, -0.05) is 51.0 Å². The van der Waals surface area contributed by atoms with E-state index in [-0.39, 0.29) is 17.2 Å². The topological polar surface area (TPSA) is 21.7 Å². The average Bonchev–Trinajstić information content (AvgIpc) is 2.86. The van der Waals surface area contributed by atoms with Crippen LogP contribution in [0, 0.1) is 0 Å². The lowest BCUT2D eigenvalue weighted by Gasteiger charge is -2.44. The highest BCUT2D eigenvalue weighted by Crippen LogP contribution is 2.39. The van der Waals surface area contributed by atoms with Gasteiger partial charge in [-0.2, -0.15) is 0 Å². The second-order valence-electron chi connectivity index (χ2n) is 9.29. The molecule has 144 valence electrons. The molecule has 0 bridgehead atoms. The number of hydrogen-bond donors (Lipinski definition) is 0. The van der Waals surface area contributed by atoms with Crippen molar-refractivity contribution in [3.63, 3.8) is 0 Å².